The minimum Gasteiger partial charge on any atom is -0.506 e. The van der Waals surface area contributed by atoms with Gasteiger partial charge in [-0.05, 0) is 37.1 Å². The molecule has 11 heteroatoms. The predicted octanol–water partition coefficient (Wildman–Crippen LogP) is 2.10. The second kappa shape index (κ2) is 8.45. The summed E-state index contributed by atoms with van der Waals surface area (Å²) in [6.07, 6.45) is 1.58. The molecular formula is C18H19N3O7S. The Hall–Kier alpha value is -3.18. The Morgan fingerprint density at radius 3 is 2.62 bits per heavy atom. The van der Waals surface area contributed by atoms with E-state index in [-0.39, 0.29) is 27.8 Å². The molecule has 1 heterocycles. The fourth-order valence-electron chi connectivity index (χ4n) is 2.88. The monoisotopic (exact) mass is 421 g/mol. The first-order chi connectivity index (χ1) is 13.8. The van der Waals surface area contributed by atoms with Gasteiger partial charge in [0.2, 0.25) is 10.0 Å². The van der Waals surface area contributed by atoms with Crippen LogP contribution in [0.15, 0.2) is 47.4 Å². The highest BCUT2D eigenvalue weighted by Crippen LogP contribution is 2.29. The maximum atomic E-state index is 12.6. The van der Waals surface area contributed by atoms with Crippen LogP contribution in [-0.4, -0.2) is 48.4 Å². The fraction of sp³-hybridized carbons (Fsp3) is 0.278. The van der Waals surface area contributed by atoms with Crippen molar-refractivity contribution in [3.8, 4) is 11.5 Å². The third-order valence-electron chi connectivity index (χ3n) is 4.34. The Morgan fingerprint density at radius 1 is 1.21 bits per heavy atom. The molecule has 2 aromatic carbocycles. The number of aromatic hydroxyl groups is 1. The van der Waals surface area contributed by atoms with Gasteiger partial charge in [-0.3, -0.25) is 14.9 Å². The summed E-state index contributed by atoms with van der Waals surface area (Å²) in [5.74, 6) is -0.833. The lowest BCUT2D eigenvalue weighted by molar-refractivity contribution is -0.384. The number of hydrogen-bond acceptors (Lipinski definition) is 7. The average molecular weight is 421 g/mol. The highest BCUT2D eigenvalue weighted by atomic mass is 32.2. The molecule has 3 rings (SSSR count). The molecule has 1 aliphatic rings. The van der Waals surface area contributed by atoms with Gasteiger partial charge in [-0.1, -0.05) is 6.07 Å². The van der Waals surface area contributed by atoms with Gasteiger partial charge in [-0.2, -0.15) is 4.31 Å². The van der Waals surface area contributed by atoms with Crippen LogP contribution in [0.4, 0.5) is 11.4 Å². The molecule has 0 bridgehead atoms. The van der Waals surface area contributed by atoms with Crippen LogP contribution in [-0.2, 0) is 14.8 Å². The van der Waals surface area contributed by atoms with Gasteiger partial charge < -0.3 is 15.2 Å². The number of hydrogen-bond donors (Lipinski definition) is 2. The number of carbonyl (C=O) groups is 1. The largest absolute Gasteiger partial charge is 0.506 e. The summed E-state index contributed by atoms with van der Waals surface area (Å²) < 4.78 is 31.8. The second-order valence-corrected chi connectivity index (χ2v) is 8.32. The molecule has 0 saturated carbocycles. The number of ether oxygens (including phenoxy) is 1. The van der Waals surface area contributed by atoms with Crippen molar-refractivity contribution < 1.29 is 28.0 Å². The van der Waals surface area contributed by atoms with E-state index in [2.05, 4.69) is 5.32 Å². The Bertz CT molecular complexity index is 1030. The molecule has 1 aliphatic heterocycles. The number of anilines is 1. The van der Waals surface area contributed by atoms with Crippen LogP contribution < -0.4 is 10.1 Å². The van der Waals surface area contributed by atoms with Crippen LogP contribution in [0.1, 0.15) is 12.8 Å². The summed E-state index contributed by atoms with van der Waals surface area (Å²) in [4.78, 5) is 22.3. The molecule has 2 N–H and O–H groups in total. The first-order valence-electron chi connectivity index (χ1n) is 8.77. The molecule has 0 atom stereocenters. The highest BCUT2D eigenvalue weighted by molar-refractivity contribution is 7.89. The fourth-order valence-corrected chi connectivity index (χ4v) is 4.42. The van der Waals surface area contributed by atoms with Crippen molar-refractivity contribution in [1.82, 2.24) is 4.31 Å². The lowest BCUT2D eigenvalue weighted by atomic mass is 10.3. The Labute approximate surface area is 166 Å². The molecule has 0 aromatic heterocycles. The van der Waals surface area contributed by atoms with Gasteiger partial charge in [0.05, 0.1) is 21.6 Å². The molecular weight excluding hydrogens is 402 g/mol. The number of nitrogens with one attached hydrogen (secondary N) is 1. The number of phenols is 1. The second-order valence-electron chi connectivity index (χ2n) is 6.38. The summed E-state index contributed by atoms with van der Waals surface area (Å²) >= 11 is 0. The van der Waals surface area contributed by atoms with Crippen LogP contribution in [0, 0.1) is 10.1 Å². The van der Waals surface area contributed by atoms with Crippen LogP contribution in [0.3, 0.4) is 0 Å². The Balaban J connectivity index is 1.68. The van der Waals surface area contributed by atoms with Gasteiger partial charge in [0.1, 0.15) is 11.5 Å². The minimum atomic E-state index is -3.71. The molecule has 0 radical (unpaired) electrons. The lowest BCUT2D eigenvalue weighted by Gasteiger charge is -2.16. The number of phenolic OH excluding ortho intramolecular Hbond substituents is 1. The SMILES string of the molecule is O=C(COc1cccc([N+](=O)[O-])c1)Nc1cc(S(=O)(=O)N2CCCC2)ccc1O. The number of rotatable bonds is 7. The third kappa shape index (κ3) is 4.81. The number of carbonyl (C=O) groups excluding carboxylic acids is 1. The van der Waals surface area contributed by atoms with Crippen molar-refractivity contribution in [2.75, 3.05) is 25.0 Å². The summed E-state index contributed by atoms with van der Waals surface area (Å²) in [5.41, 5.74) is -0.252. The van der Waals surface area contributed by atoms with E-state index in [4.69, 9.17) is 4.74 Å². The molecule has 1 fully saturated rings. The molecule has 1 saturated heterocycles. The maximum Gasteiger partial charge on any atom is 0.273 e. The molecule has 29 heavy (non-hydrogen) atoms. The zero-order chi connectivity index (χ0) is 21.0. The number of sulfonamides is 1. The number of nitro benzene ring substituents is 1. The molecule has 10 nitrogen and oxygen atoms in total. The van der Waals surface area contributed by atoms with Crippen molar-refractivity contribution in [3.63, 3.8) is 0 Å². The molecule has 0 unspecified atom stereocenters. The van der Waals surface area contributed by atoms with Gasteiger partial charge in [-0.15, -0.1) is 0 Å². The summed E-state index contributed by atoms with van der Waals surface area (Å²) in [7, 11) is -3.71. The standard InChI is InChI=1S/C18H19N3O7S/c22-17-7-6-15(29(26,27)20-8-1-2-9-20)11-16(17)19-18(23)12-28-14-5-3-4-13(10-14)21(24)25/h3-7,10-11,22H,1-2,8-9,12H2,(H,19,23). The normalized spacial score (nSPS) is 14.5. The number of nitro groups is 1. The van der Waals surface area contributed by atoms with Crippen molar-refractivity contribution in [3.05, 3.63) is 52.6 Å². The van der Waals surface area contributed by atoms with Crippen molar-refractivity contribution in [1.29, 1.82) is 0 Å². The van der Waals surface area contributed by atoms with E-state index in [1.807, 2.05) is 0 Å². The van der Waals surface area contributed by atoms with E-state index in [0.717, 1.165) is 12.8 Å². The van der Waals surface area contributed by atoms with E-state index in [9.17, 15) is 28.4 Å². The van der Waals surface area contributed by atoms with Crippen LogP contribution in [0.5, 0.6) is 11.5 Å². The lowest BCUT2D eigenvalue weighted by Crippen LogP contribution is -2.28. The van der Waals surface area contributed by atoms with Crippen molar-refractivity contribution >= 4 is 27.3 Å². The summed E-state index contributed by atoms with van der Waals surface area (Å²) in [5, 5.41) is 23.1. The highest BCUT2D eigenvalue weighted by Gasteiger charge is 2.28. The van der Waals surface area contributed by atoms with Gasteiger partial charge >= 0.3 is 0 Å². The first-order valence-corrected chi connectivity index (χ1v) is 10.2. The van der Waals surface area contributed by atoms with Crippen molar-refractivity contribution in [2.45, 2.75) is 17.7 Å². The Kier molecular flexibility index (Phi) is 5.99. The van der Waals surface area contributed by atoms with Crippen LogP contribution >= 0.6 is 0 Å². The zero-order valence-corrected chi connectivity index (χ0v) is 16.1. The van der Waals surface area contributed by atoms with E-state index >= 15 is 0 Å². The molecule has 2 aromatic rings. The topological polar surface area (TPSA) is 139 Å². The van der Waals surface area contributed by atoms with Gasteiger partial charge in [0, 0.05) is 19.2 Å². The van der Waals surface area contributed by atoms with Crippen molar-refractivity contribution in [2.24, 2.45) is 0 Å². The van der Waals surface area contributed by atoms with Gasteiger partial charge in [0.25, 0.3) is 11.6 Å². The predicted molar refractivity (Wildman–Crippen MR) is 103 cm³/mol. The summed E-state index contributed by atoms with van der Waals surface area (Å²) in [6, 6.07) is 9.00. The van der Waals surface area contributed by atoms with Gasteiger partial charge in [-0.25, -0.2) is 8.42 Å². The number of non-ortho nitro benzene ring substituents is 1. The maximum absolute atomic E-state index is 12.6. The van der Waals surface area contributed by atoms with E-state index < -0.39 is 27.5 Å². The number of nitrogens with zero attached hydrogens (tertiary/aromatic N) is 2. The van der Waals surface area contributed by atoms with E-state index in [0.29, 0.717) is 13.1 Å². The van der Waals surface area contributed by atoms with Crippen LogP contribution in [0.2, 0.25) is 0 Å². The summed E-state index contributed by atoms with van der Waals surface area (Å²) in [6.45, 7) is 0.383. The first kappa shape index (κ1) is 20.6. The van der Waals surface area contributed by atoms with Gasteiger partial charge in [0.15, 0.2) is 6.61 Å². The smallest absolute Gasteiger partial charge is 0.273 e. The third-order valence-corrected chi connectivity index (χ3v) is 6.24. The Morgan fingerprint density at radius 2 is 1.93 bits per heavy atom. The van der Waals surface area contributed by atoms with E-state index in [1.54, 1.807) is 0 Å². The quantitative estimate of drug-likeness (QED) is 0.396. The molecule has 0 aliphatic carbocycles. The average Bonchev–Trinajstić information content (AvgIpc) is 3.24. The zero-order valence-electron chi connectivity index (χ0n) is 15.3. The van der Waals surface area contributed by atoms with Crippen LogP contribution in [0.25, 0.3) is 0 Å². The molecule has 0 spiro atoms. The minimum absolute atomic E-state index is 0.0351. The number of amides is 1. The molecule has 1 amide bonds. The molecule has 154 valence electrons. The van der Waals surface area contributed by atoms with E-state index in [1.165, 1.54) is 46.8 Å². The number of benzene rings is 2.